The molecule has 1 aromatic rings. The number of nitrogens with one attached hydrogen (secondary N) is 1. The molecule has 5 nitrogen and oxygen atoms in total. The van der Waals surface area contributed by atoms with Gasteiger partial charge < -0.3 is 14.4 Å². The van der Waals surface area contributed by atoms with Gasteiger partial charge in [0.1, 0.15) is 12.1 Å². The Labute approximate surface area is 154 Å². The molecule has 0 saturated heterocycles. The van der Waals surface area contributed by atoms with E-state index < -0.39 is 11.5 Å². The average molecular weight is 390 g/mol. The van der Waals surface area contributed by atoms with E-state index in [1.54, 1.807) is 22.6 Å². The fourth-order valence-corrected chi connectivity index (χ4v) is 2.21. The molecule has 9 heteroatoms. The lowest BCUT2D eigenvalue weighted by Crippen LogP contribution is -2.16. The van der Waals surface area contributed by atoms with Gasteiger partial charge in [0.25, 0.3) is 5.91 Å². The number of rotatable bonds is 9. The number of hydrogen-bond acceptors (Lipinski definition) is 4. The molecular weight excluding hydrogens is 372 g/mol. The Bertz CT molecular complexity index is 646. The number of anilines is 1. The fraction of sp³-hybridized carbons (Fsp3) is 0.250. The average Bonchev–Trinajstić information content (AvgIpc) is 2.52. The van der Waals surface area contributed by atoms with Crippen molar-refractivity contribution in [3.8, 4) is 5.75 Å². The highest BCUT2D eigenvalue weighted by Gasteiger charge is 2.27. The minimum absolute atomic E-state index is 0.126. The van der Waals surface area contributed by atoms with Crippen LogP contribution in [0.3, 0.4) is 0 Å². The molecule has 0 aromatic heterocycles. The van der Waals surface area contributed by atoms with Gasteiger partial charge in [-0.3, -0.25) is 4.79 Å². The van der Waals surface area contributed by atoms with E-state index in [4.69, 9.17) is 0 Å². The molecule has 136 valence electrons. The van der Waals surface area contributed by atoms with Crippen LogP contribution in [0.25, 0.3) is 0 Å². The Balaban J connectivity index is 2.70. The first-order valence-electron chi connectivity index (χ1n) is 7.14. The number of amides is 1. The highest BCUT2D eigenvalue weighted by molar-refractivity contribution is 7.97. The molecule has 1 N–H and O–H groups in total. The van der Waals surface area contributed by atoms with E-state index in [-0.39, 0.29) is 11.3 Å². The monoisotopic (exact) mass is 389 g/mol. The molecule has 0 atom stereocenters. The van der Waals surface area contributed by atoms with Gasteiger partial charge in [-0.05, 0) is 36.2 Å². The number of halogens is 3. The first kappa shape index (κ1) is 21.0. The Kier molecular flexibility index (Phi) is 8.44. The number of hydrogen-bond donors (Lipinski definition) is 1. The van der Waals surface area contributed by atoms with Gasteiger partial charge in [0.2, 0.25) is 0 Å². The molecule has 0 unspecified atom stereocenters. The number of ether oxygens (including phenoxy) is 1. The van der Waals surface area contributed by atoms with E-state index in [2.05, 4.69) is 33.2 Å². The number of alkyl halides is 3. The van der Waals surface area contributed by atoms with Crippen molar-refractivity contribution >= 4 is 41.5 Å². The van der Waals surface area contributed by atoms with Crippen LogP contribution in [0.2, 0.25) is 0 Å². The summed E-state index contributed by atoms with van der Waals surface area (Å²) in [5.41, 5.74) is -3.14. The topological polar surface area (TPSA) is 53.9 Å². The van der Waals surface area contributed by atoms with Crippen molar-refractivity contribution in [3.05, 3.63) is 48.7 Å². The third-order valence-electron chi connectivity index (χ3n) is 2.60. The molecule has 0 aliphatic carbocycles. The van der Waals surface area contributed by atoms with Crippen LogP contribution >= 0.6 is 23.5 Å². The Hall–Kier alpha value is -2.06. The van der Waals surface area contributed by atoms with Gasteiger partial charge in [-0.25, -0.2) is 4.99 Å². The zero-order valence-electron chi connectivity index (χ0n) is 13.7. The molecule has 0 saturated carbocycles. The normalized spacial score (nSPS) is 12.1. The molecule has 0 fully saturated rings. The molecular formula is C16H18ClF2N3O2S. The zero-order valence-corrected chi connectivity index (χ0v) is 15.3. The third-order valence-corrected chi connectivity index (χ3v) is 3.44. The second kappa shape index (κ2) is 10.0. The molecule has 0 spiro atoms. The largest absolute Gasteiger partial charge is 0.487 e. The zero-order chi connectivity index (χ0) is 18.9. The summed E-state index contributed by atoms with van der Waals surface area (Å²) in [6.45, 7) is 5.58. The highest BCUT2D eigenvalue weighted by Crippen LogP contribution is 2.26. The molecule has 1 aromatic carbocycles. The summed E-state index contributed by atoms with van der Waals surface area (Å²) in [6.07, 6.45) is 4.31. The Morgan fingerprint density at radius 1 is 1.48 bits per heavy atom. The van der Waals surface area contributed by atoms with Crippen LogP contribution in [0.5, 0.6) is 5.75 Å². The standard InChI is InChI=1S/C16H18ClF2N3O2S/c1-4-12(10-20-11-22(3)25-5-2)15(23)21-13-6-8-14(9-7-13)24-16(17,18)19/h4,6-11H,1,5H2,2-3H3,(H,21,23)/b12-10+,20-11?. The summed E-state index contributed by atoms with van der Waals surface area (Å²) in [4.78, 5) is 16.2. The second-order valence-electron chi connectivity index (χ2n) is 4.54. The highest BCUT2D eigenvalue weighted by atomic mass is 35.5. The summed E-state index contributed by atoms with van der Waals surface area (Å²) < 4.78 is 31.1. The van der Waals surface area contributed by atoms with Crippen molar-refractivity contribution in [2.75, 3.05) is 18.1 Å². The predicted molar refractivity (Wildman–Crippen MR) is 99.2 cm³/mol. The van der Waals surface area contributed by atoms with Gasteiger partial charge in [-0.2, -0.15) is 0 Å². The van der Waals surface area contributed by atoms with E-state index in [9.17, 15) is 13.6 Å². The van der Waals surface area contributed by atoms with Crippen molar-refractivity contribution in [3.63, 3.8) is 0 Å². The smallest absolute Gasteiger partial charge is 0.420 e. The van der Waals surface area contributed by atoms with Gasteiger partial charge in [-0.15, -0.1) is 8.78 Å². The Morgan fingerprint density at radius 2 is 2.12 bits per heavy atom. The first-order valence-corrected chi connectivity index (χ1v) is 8.46. The van der Waals surface area contributed by atoms with Crippen LogP contribution in [0, 0.1) is 0 Å². The van der Waals surface area contributed by atoms with E-state index in [1.165, 1.54) is 36.5 Å². The summed E-state index contributed by atoms with van der Waals surface area (Å²) in [5.74, 6) is 0.337. The summed E-state index contributed by atoms with van der Waals surface area (Å²) >= 11 is 6.24. The summed E-state index contributed by atoms with van der Waals surface area (Å²) in [7, 11) is 1.84. The fourth-order valence-electron chi connectivity index (χ4n) is 1.59. The molecule has 25 heavy (non-hydrogen) atoms. The summed E-state index contributed by atoms with van der Waals surface area (Å²) in [6, 6.07) is 5.34. The lowest BCUT2D eigenvalue weighted by atomic mass is 10.2. The molecule has 1 amide bonds. The molecule has 0 radical (unpaired) electrons. The number of carbonyl (C=O) groups excluding carboxylic acids is 1. The van der Waals surface area contributed by atoms with E-state index in [0.29, 0.717) is 5.69 Å². The van der Waals surface area contributed by atoms with E-state index >= 15 is 0 Å². The molecule has 0 heterocycles. The lowest BCUT2D eigenvalue weighted by Gasteiger charge is -2.11. The first-order chi connectivity index (χ1) is 11.7. The quantitative estimate of drug-likeness (QED) is 0.169. The maximum absolute atomic E-state index is 12.5. The van der Waals surface area contributed by atoms with E-state index in [0.717, 1.165) is 5.75 Å². The molecule has 0 bridgehead atoms. The van der Waals surface area contributed by atoms with Crippen molar-refractivity contribution in [2.45, 2.75) is 12.5 Å². The van der Waals surface area contributed by atoms with Crippen molar-refractivity contribution in [1.29, 1.82) is 0 Å². The number of carbonyl (C=O) groups is 1. The second-order valence-corrected chi connectivity index (χ2v) is 6.39. The van der Waals surface area contributed by atoms with Crippen LogP contribution in [0.15, 0.2) is 53.7 Å². The van der Waals surface area contributed by atoms with Crippen LogP contribution < -0.4 is 10.1 Å². The third kappa shape index (κ3) is 8.55. The Morgan fingerprint density at radius 3 is 2.64 bits per heavy atom. The summed E-state index contributed by atoms with van der Waals surface area (Å²) in [5, 5.41) is 2.60. The maximum Gasteiger partial charge on any atom is 0.487 e. The number of aliphatic imine (C=N–C) groups is 1. The van der Waals surface area contributed by atoms with Crippen LogP contribution in [0.4, 0.5) is 14.5 Å². The molecule has 0 aliphatic rings. The SMILES string of the molecule is C=C/C(=C\N=CN(C)SCC)C(=O)Nc1ccc(OC(F)(F)Cl)cc1. The minimum atomic E-state index is -3.79. The van der Waals surface area contributed by atoms with E-state index in [1.807, 2.05) is 14.0 Å². The van der Waals surface area contributed by atoms with Crippen LogP contribution in [-0.2, 0) is 4.79 Å². The van der Waals surface area contributed by atoms with Crippen LogP contribution in [-0.4, -0.2) is 34.9 Å². The van der Waals surface area contributed by atoms with Crippen LogP contribution in [0.1, 0.15) is 6.92 Å². The van der Waals surface area contributed by atoms with Gasteiger partial charge in [-0.1, -0.05) is 19.6 Å². The molecule has 0 aliphatic heterocycles. The number of benzene rings is 1. The van der Waals surface area contributed by atoms with Gasteiger partial charge in [0, 0.05) is 36.3 Å². The van der Waals surface area contributed by atoms with Gasteiger partial charge in [0.15, 0.2) is 0 Å². The lowest BCUT2D eigenvalue weighted by molar-refractivity contribution is -0.112. The number of nitrogens with zero attached hydrogens (tertiary/aromatic N) is 2. The minimum Gasteiger partial charge on any atom is -0.420 e. The maximum atomic E-state index is 12.5. The van der Waals surface area contributed by atoms with Crippen molar-refractivity contribution < 1.29 is 18.3 Å². The predicted octanol–water partition coefficient (Wildman–Crippen LogP) is 4.49. The van der Waals surface area contributed by atoms with Crippen molar-refractivity contribution in [1.82, 2.24) is 4.31 Å². The molecule has 1 rings (SSSR count). The van der Waals surface area contributed by atoms with Gasteiger partial charge in [0.05, 0.1) is 5.57 Å². The van der Waals surface area contributed by atoms with Crippen molar-refractivity contribution in [2.24, 2.45) is 4.99 Å². The van der Waals surface area contributed by atoms with Gasteiger partial charge >= 0.3 is 5.57 Å².